The predicted octanol–water partition coefficient (Wildman–Crippen LogP) is 2.83. The fourth-order valence-electron chi connectivity index (χ4n) is 3.23. The van der Waals surface area contributed by atoms with Gasteiger partial charge in [0.2, 0.25) is 0 Å². The van der Waals surface area contributed by atoms with Crippen molar-refractivity contribution in [2.45, 2.75) is 25.9 Å². The molecule has 0 fully saturated rings. The van der Waals surface area contributed by atoms with Crippen molar-refractivity contribution in [1.29, 1.82) is 0 Å². The molecule has 0 bridgehead atoms. The van der Waals surface area contributed by atoms with E-state index in [1.54, 1.807) is 0 Å². The van der Waals surface area contributed by atoms with Crippen molar-refractivity contribution < 1.29 is 0 Å². The number of rotatable bonds is 4. The smallest absolute Gasteiger partial charge is 0.0972 e. The van der Waals surface area contributed by atoms with Crippen molar-refractivity contribution in [3.05, 3.63) is 71.7 Å². The maximum absolute atomic E-state index is 4.93. The van der Waals surface area contributed by atoms with Gasteiger partial charge in [0, 0.05) is 55.3 Å². The van der Waals surface area contributed by atoms with Crippen molar-refractivity contribution >= 4 is 0 Å². The number of nitrogens with zero attached hydrogens (tertiary/aromatic N) is 3. The largest absolute Gasteiger partial charge is 0.312 e. The van der Waals surface area contributed by atoms with Gasteiger partial charge in [-0.2, -0.15) is 5.10 Å². The Labute approximate surface area is 136 Å². The topological polar surface area (TPSA) is 42.7 Å². The van der Waals surface area contributed by atoms with Gasteiger partial charge in [-0.1, -0.05) is 30.3 Å². The van der Waals surface area contributed by atoms with Crippen molar-refractivity contribution in [2.24, 2.45) is 0 Å². The third kappa shape index (κ3) is 2.90. The fourth-order valence-corrected chi connectivity index (χ4v) is 3.23. The average molecular weight is 304 g/mol. The van der Waals surface area contributed by atoms with Crippen molar-refractivity contribution in [1.82, 2.24) is 20.1 Å². The average Bonchev–Trinajstić information content (AvgIpc) is 3.01. The monoisotopic (exact) mass is 304 g/mol. The molecule has 1 aromatic carbocycles. The van der Waals surface area contributed by atoms with E-state index in [1.807, 2.05) is 24.5 Å². The number of aromatic nitrogens is 3. The molecule has 0 saturated heterocycles. The van der Waals surface area contributed by atoms with E-state index >= 15 is 0 Å². The molecule has 116 valence electrons. The van der Waals surface area contributed by atoms with Crippen LogP contribution in [0.1, 0.15) is 16.8 Å². The minimum absolute atomic E-state index is 0.901. The summed E-state index contributed by atoms with van der Waals surface area (Å²) in [4.78, 5) is 4.12. The number of benzene rings is 1. The van der Waals surface area contributed by atoms with E-state index in [0.717, 1.165) is 43.7 Å². The molecule has 0 saturated carbocycles. The lowest BCUT2D eigenvalue weighted by Gasteiger charge is -2.15. The predicted molar refractivity (Wildman–Crippen MR) is 91.0 cm³/mol. The van der Waals surface area contributed by atoms with Crippen molar-refractivity contribution in [3.8, 4) is 11.3 Å². The summed E-state index contributed by atoms with van der Waals surface area (Å²) in [6.07, 6.45) is 5.72. The highest BCUT2D eigenvalue weighted by Gasteiger charge is 2.21. The molecular formula is C19H20N4. The normalized spacial score (nSPS) is 13.7. The zero-order chi connectivity index (χ0) is 15.5. The maximum atomic E-state index is 4.93. The van der Waals surface area contributed by atoms with Gasteiger partial charge in [0.15, 0.2) is 0 Å². The Morgan fingerprint density at radius 1 is 1.04 bits per heavy atom. The SMILES string of the molecule is c1ccc(CCn2nc(-c3ccncc3)c3c2CCNC3)cc1. The van der Waals surface area contributed by atoms with Crippen LogP contribution in [0.3, 0.4) is 0 Å². The van der Waals surface area contributed by atoms with E-state index < -0.39 is 0 Å². The lowest BCUT2D eigenvalue weighted by Crippen LogP contribution is -2.25. The third-order valence-electron chi connectivity index (χ3n) is 4.42. The highest BCUT2D eigenvalue weighted by molar-refractivity contribution is 5.64. The highest BCUT2D eigenvalue weighted by atomic mass is 15.3. The Kier molecular flexibility index (Phi) is 3.90. The molecule has 4 heteroatoms. The summed E-state index contributed by atoms with van der Waals surface area (Å²) < 4.78 is 2.21. The summed E-state index contributed by atoms with van der Waals surface area (Å²) in [5.74, 6) is 0. The number of aryl methyl sites for hydroxylation is 2. The molecule has 0 unspecified atom stereocenters. The first-order valence-electron chi connectivity index (χ1n) is 8.15. The molecule has 1 aliphatic rings. The Morgan fingerprint density at radius 2 is 1.87 bits per heavy atom. The summed E-state index contributed by atoms with van der Waals surface area (Å²) >= 11 is 0. The molecule has 0 aliphatic carbocycles. The van der Waals surface area contributed by atoms with Crippen LogP contribution in [0.2, 0.25) is 0 Å². The standard InChI is InChI=1S/C19H20N4/c1-2-4-15(5-3-1)9-13-23-18-8-12-21-14-17(18)19(22-23)16-6-10-20-11-7-16/h1-7,10-11,21H,8-9,12-14H2. The quantitative estimate of drug-likeness (QED) is 0.806. The second kappa shape index (κ2) is 6.34. The van der Waals surface area contributed by atoms with Gasteiger partial charge in [-0.25, -0.2) is 0 Å². The second-order valence-electron chi connectivity index (χ2n) is 5.90. The second-order valence-corrected chi connectivity index (χ2v) is 5.90. The first-order chi connectivity index (χ1) is 11.4. The summed E-state index contributed by atoms with van der Waals surface area (Å²) in [6.45, 7) is 2.86. The molecule has 1 aliphatic heterocycles. The first kappa shape index (κ1) is 14.2. The van der Waals surface area contributed by atoms with E-state index in [2.05, 4.69) is 45.3 Å². The zero-order valence-corrected chi connectivity index (χ0v) is 13.1. The lowest BCUT2D eigenvalue weighted by atomic mass is 10.0. The van der Waals surface area contributed by atoms with Crippen LogP contribution in [0.25, 0.3) is 11.3 Å². The van der Waals surface area contributed by atoms with Crippen LogP contribution in [0.15, 0.2) is 54.9 Å². The van der Waals surface area contributed by atoms with Crippen molar-refractivity contribution in [3.63, 3.8) is 0 Å². The van der Waals surface area contributed by atoms with E-state index in [-0.39, 0.29) is 0 Å². The number of pyridine rings is 1. The molecule has 1 N–H and O–H groups in total. The van der Waals surface area contributed by atoms with Gasteiger partial charge >= 0.3 is 0 Å². The van der Waals surface area contributed by atoms with Gasteiger partial charge in [-0.05, 0) is 24.1 Å². The highest BCUT2D eigenvalue weighted by Crippen LogP contribution is 2.27. The summed E-state index contributed by atoms with van der Waals surface area (Å²) in [5.41, 5.74) is 6.33. The van der Waals surface area contributed by atoms with Crippen LogP contribution in [-0.2, 0) is 25.9 Å². The number of nitrogens with one attached hydrogen (secondary N) is 1. The zero-order valence-electron chi connectivity index (χ0n) is 13.1. The molecule has 3 aromatic rings. The van der Waals surface area contributed by atoms with Gasteiger partial charge in [-0.15, -0.1) is 0 Å². The van der Waals surface area contributed by atoms with Crippen LogP contribution in [0, 0.1) is 0 Å². The number of hydrogen-bond donors (Lipinski definition) is 1. The lowest BCUT2D eigenvalue weighted by molar-refractivity contribution is 0.551. The molecule has 0 atom stereocenters. The minimum atomic E-state index is 0.901. The minimum Gasteiger partial charge on any atom is -0.312 e. The molecule has 0 amide bonds. The molecule has 3 heterocycles. The van der Waals surface area contributed by atoms with Gasteiger partial charge in [0.25, 0.3) is 0 Å². The van der Waals surface area contributed by atoms with Crippen LogP contribution in [0.4, 0.5) is 0 Å². The summed E-state index contributed by atoms with van der Waals surface area (Å²) in [5, 5.41) is 8.40. The van der Waals surface area contributed by atoms with Crippen molar-refractivity contribution in [2.75, 3.05) is 6.54 Å². The molecule has 4 nitrogen and oxygen atoms in total. The van der Waals surface area contributed by atoms with Crippen LogP contribution < -0.4 is 5.32 Å². The summed E-state index contributed by atoms with van der Waals surface area (Å²) in [7, 11) is 0. The molecule has 0 spiro atoms. The first-order valence-corrected chi connectivity index (χ1v) is 8.15. The molecule has 23 heavy (non-hydrogen) atoms. The Morgan fingerprint density at radius 3 is 2.70 bits per heavy atom. The number of hydrogen-bond acceptors (Lipinski definition) is 3. The molecule has 2 aromatic heterocycles. The molecule has 0 radical (unpaired) electrons. The van der Waals surface area contributed by atoms with E-state index in [0.29, 0.717) is 0 Å². The third-order valence-corrected chi connectivity index (χ3v) is 4.42. The van der Waals surface area contributed by atoms with E-state index in [4.69, 9.17) is 5.10 Å². The van der Waals surface area contributed by atoms with E-state index in [1.165, 1.54) is 16.8 Å². The molecule has 4 rings (SSSR count). The van der Waals surface area contributed by atoms with Crippen LogP contribution in [-0.4, -0.2) is 21.3 Å². The summed E-state index contributed by atoms with van der Waals surface area (Å²) in [6, 6.07) is 14.7. The fraction of sp³-hybridized carbons (Fsp3) is 0.263. The van der Waals surface area contributed by atoms with Crippen LogP contribution in [0.5, 0.6) is 0 Å². The van der Waals surface area contributed by atoms with Gasteiger partial charge in [0.05, 0.1) is 5.69 Å². The Hall–Kier alpha value is -2.46. The maximum Gasteiger partial charge on any atom is 0.0972 e. The molecular weight excluding hydrogens is 284 g/mol. The van der Waals surface area contributed by atoms with Gasteiger partial charge < -0.3 is 5.32 Å². The van der Waals surface area contributed by atoms with Crippen LogP contribution >= 0.6 is 0 Å². The number of fused-ring (bicyclic) bond motifs is 1. The van der Waals surface area contributed by atoms with Gasteiger partial charge in [-0.3, -0.25) is 9.67 Å². The Bertz CT molecular complexity index is 778. The van der Waals surface area contributed by atoms with E-state index in [9.17, 15) is 0 Å². The Balaban J connectivity index is 1.66. The van der Waals surface area contributed by atoms with Gasteiger partial charge in [0.1, 0.15) is 0 Å².